The molecule has 128 valence electrons. The lowest BCUT2D eigenvalue weighted by atomic mass is 10.0. The van der Waals surface area contributed by atoms with Crippen LogP contribution in [0.2, 0.25) is 0 Å². The van der Waals surface area contributed by atoms with Gasteiger partial charge in [0.15, 0.2) is 0 Å². The molecule has 1 N–H and O–H groups in total. The molecule has 0 bridgehead atoms. The van der Waals surface area contributed by atoms with Gasteiger partial charge in [-0.1, -0.05) is 6.92 Å². The van der Waals surface area contributed by atoms with Crippen molar-refractivity contribution in [1.29, 1.82) is 0 Å². The van der Waals surface area contributed by atoms with Gasteiger partial charge in [-0.2, -0.15) is 0 Å². The van der Waals surface area contributed by atoms with Crippen LogP contribution < -0.4 is 16.6 Å². The van der Waals surface area contributed by atoms with Crippen LogP contribution in [0.1, 0.15) is 26.2 Å². The smallest absolute Gasteiger partial charge is 0.331 e. The Hall–Kier alpha value is -1.89. The van der Waals surface area contributed by atoms with E-state index in [9.17, 15) is 14.4 Å². The molecule has 0 aliphatic carbocycles. The van der Waals surface area contributed by atoms with Crippen LogP contribution in [-0.4, -0.2) is 46.1 Å². The van der Waals surface area contributed by atoms with Crippen LogP contribution >= 0.6 is 0 Å². The van der Waals surface area contributed by atoms with Crippen LogP contribution in [0.3, 0.4) is 0 Å². The largest absolute Gasteiger partial charge is 0.354 e. The number of hydrogen-bond acceptors (Lipinski definition) is 4. The van der Waals surface area contributed by atoms with Gasteiger partial charge < -0.3 is 10.2 Å². The third-order valence-corrected chi connectivity index (χ3v) is 4.29. The van der Waals surface area contributed by atoms with Gasteiger partial charge in [0.1, 0.15) is 6.54 Å². The maximum atomic E-state index is 11.9. The highest BCUT2D eigenvalue weighted by Gasteiger charge is 2.15. The molecular weight excluding hydrogens is 296 g/mol. The molecule has 0 saturated carbocycles. The fourth-order valence-electron chi connectivity index (χ4n) is 2.97. The number of aromatic nitrogens is 2. The molecule has 2 rings (SSSR count). The maximum absolute atomic E-state index is 11.9. The molecule has 1 aliphatic rings. The maximum Gasteiger partial charge on any atom is 0.331 e. The Bertz CT molecular complexity index is 649. The van der Waals surface area contributed by atoms with E-state index in [1.165, 1.54) is 36.7 Å². The molecule has 0 radical (unpaired) electrons. The normalized spacial score (nSPS) is 18.8. The Morgan fingerprint density at radius 1 is 1.39 bits per heavy atom. The zero-order valence-corrected chi connectivity index (χ0v) is 14.0. The van der Waals surface area contributed by atoms with Gasteiger partial charge in [-0.15, -0.1) is 0 Å². The molecular formula is C16H26N4O3. The second-order valence-corrected chi connectivity index (χ2v) is 6.37. The summed E-state index contributed by atoms with van der Waals surface area (Å²) in [5.74, 6) is 0.549. The van der Waals surface area contributed by atoms with Crippen LogP contribution in [0.4, 0.5) is 0 Å². The Morgan fingerprint density at radius 2 is 2.17 bits per heavy atom. The second-order valence-electron chi connectivity index (χ2n) is 6.37. The van der Waals surface area contributed by atoms with E-state index in [0.717, 1.165) is 36.5 Å². The quantitative estimate of drug-likeness (QED) is 0.735. The predicted octanol–water partition coefficient (Wildman–Crippen LogP) is -0.215. The Labute approximate surface area is 135 Å². The molecule has 1 saturated heterocycles. The summed E-state index contributed by atoms with van der Waals surface area (Å²) >= 11 is 0. The van der Waals surface area contributed by atoms with E-state index in [1.807, 2.05) is 0 Å². The molecule has 23 heavy (non-hydrogen) atoms. The molecule has 0 aromatic carbocycles. The number of carbonyl (C=O) groups is 1. The van der Waals surface area contributed by atoms with E-state index in [0.29, 0.717) is 6.54 Å². The summed E-state index contributed by atoms with van der Waals surface area (Å²) in [6.07, 6.45) is 4.82. The molecule has 1 fully saturated rings. The fourth-order valence-corrected chi connectivity index (χ4v) is 2.97. The number of nitrogens with zero attached hydrogens (tertiary/aromatic N) is 3. The molecule has 7 heteroatoms. The monoisotopic (exact) mass is 322 g/mol. The number of carbonyl (C=O) groups excluding carboxylic acids is 1. The number of piperidine rings is 1. The Morgan fingerprint density at radius 3 is 2.91 bits per heavy atom. The van der Waals surface area contributed by atoms with Gasteiger partial charge in [-0.25, -0.2) is 4.79 Å². The Kier molecular flexibility index (Phi) is 6.15. The zero-order valence-electron chi connectivity index (χ0n) is 14.0. The topological polar surface area (TPSA) is 76.3 Å². The van der Waals surface area contributed by atoms with Crippen molar-refractivity contribution in [2.24, 2.45) is 13.0 Å². The van der Waals surface area contributed by atoms with Gasteiger partial charge in [0, 0.05) is 32.4 Å². The molecule has 0 unspecified atom stereocenters. The minimum atomic E-state index is -0.477. The van der Waals surface area contributed by atoms with E-state index in [1.54, 1.807) is 0 Å². The number of nitrogens with one attached hydrogen (secondary N) is 1. The van der Waals surface area contributed by atoms with Crippen LogP contribution in [0.25, 0.3) is 0 Å². The lowest BCUT2D eigenvalue weighted by Gasteiger charge is -2.30. The fraction of sp³-hybridized carbons (Fsp3) is 0.688. The molecule has 2 heterocycles. The summed E-state index contributed by atoms with van der Waals surface area (Å²) in [6.45, 7) is 6.09. The third kappa shape index (κ3) is 5.06. The molecule has 1 aliphatic heterocycles. The average molecular weight is 322 g/mol. The van der Waals surface area contributed by atoms with Crippen molar-refractivity contribution in [2.75, 3.05) is 26.2 Å². The van der Waals surface area contributed by atoms with Crippen molar-refractivity contribution in [3.05, 3.63) is 33.1 Å². The van der Waals surface area contributed by atoms with Crippen molar-refractivity contribution < 1.29 is 4.79 Å². The summed E-state index contributed by atoms with van der Waals surface area (Å²) < 4.78 is 2.23. The summed E-state index contributed by atoms with van der Waals surface area (Å²) in [4.78, 5) is 37.5. The number of hydrogen-bond donors (Lipinski definition) is 1. The minimum absolute atomic E-state index is 0.0618. The molecule has 1 aromatic rings. The number of amides is 1. The minimum Gasteiger partial charge on any atom is -0.354 e. The highest BCUT2D eigenvalue weighted by Crippen LogP contribution is 2.15. The van der Waals surface area contributed by atoms with E-state index in [-0.39, 0.29) is 18.0 Å². The van der Waals surface area contributed by atoms with E-state index >= 15 is 0 Å². The van der Waals surface area contributed by atoms with Gasteiger partial charge >= 0.3 is 5.69 Å². The first-order valence-electron chi connectivity index (χ1n) is 8.23. The standard InChI is InChI=1S/C16H26N4O3/c1-13-5-3-8-19(11-13)9-4-7-17-14(21)12-20-10-6-15(22)18(2)16(20)23/h6,10,13H,3-5,7-9,11-12H2,1-2H3,(H,17,21)/t13-/m0/s1. The highest BCUT2D eigenvalue weighted by atomic mass is 16.2. The van der Waals surface area contributed by atoms with Crippen LogP contribution in [0.15, 0.2) is 21.9 Å². The van der Waals surface area contributed by atoms with Gasteiger partial charge in [0.05, 0.1) is 0 Å². The van der Waals surface area contributed by atoms with Crippen molar-refractivity contribution in [2.45, 2.75) is 32.7 Å². The summed E-state index contributed by atoms with van der Waals surface area (Å²) in [7, 11) is 1.40. The van der Waals surface area contributed by atoms with Crippen LogP contribution in [-0.2, 0) is 18.4 Å². The third-order valence-electron chi connectivity index (χ3n) is 4.29. The second kappa shape index (κ2) is 8.10. The average Bonchev–Trinajstić information content (AvgIpc) is 2.52. The van der Waals surface area contributed by atoms with Gasteiger partial charge in [-0.3, -0.25) is 18.7 Å². The van der Waals surface area contributed by atoms with E-state index in [4.69, 9.17) is 0 Å². The van der Waals surface area contributed by atoms with Crippen molar-refractivity contribution >= 4 is 5.91 Å². The number of likely N-dealkylation sites (tertiary alicyclic amines) is 1. The molecule has 7 nitrogen and oxygen atoms in total. The summed E-state index contributed by atoms with van der Waals surface area (Å²) in [6, 6.07) is 1.28. The van der Waals surface area contributed by atoms with Crippen molar-refractivity contribution in [3.8, 4) is 0 Å². The molecule has 1 amide bonds. The highest BCUT2D eigenvalue weighted by molar-refractivity contribution is 5.75. The van der Waals surface area contributed by atoms with E-state index < -0.39 is 5.69 Å². The number of rotatable bonds is 6. The zero-order chi connectivity index (χ0) is 16.8. The van der Waals surface area contributed by atoms with Crippen LogP contribution in [0, 0.1) is 5.92 Å². The molecule has 1 atom stereocenters. The molecule has 0 spiro atoms. The predicted molar refractivity (Wildman–Crippen MR) is 88.4 cm³/mol. The molecule has 1 aromatic heterocycles. The first-order chi connectivity index (χ1) is 11.0. The Balaban J connectivity index is 1.72. The van der Waals surface area contributed by atoms with Gasteiger partial charge in [0.2, 0.25) is 5.91 Å². The first-order valence-corrected chi connectivity index (χ1v) is 8.23. The van der Waals surface area contributed by atoms with Crippen molar-refractivity contribution in [3.63, 3.8) is 0 Å². The SMILES string of the molecule is C[C@H]1CCCN(CCCNC(=O)Cn2ccc(=O)n(C)c2=O)C1. The van der Waals surface area contributed by atoms with Gasteiger partial charge in [0.25, 0.3) is 5.56 Å². The van der Waals surface area contributed by atoms with Gasteiger partial charge in [-0.05, 0) is 38.3 Å². The van der Waals surface area contributed by atoms with Crippen LogP contribution in [0.5, 0.6) is 0 Å². The summed E-state index contributed by atoms with van der Waals surface area (Å²) in [5, 5.41) is 2.83. The van der Waals surface area contributed by atoms with E-state index in [2.05, 4.69) is 17.1 Å². The lowest BCUT2D eigenvalue weighted by molar-refractivity contribution is -0.121. The first kappa shape index (κ1) is 17.5. The van der Waals surface area contributed by atoms with Crippen molar-refractivity contribution in [1.82, 2.24) is 19.4 Å². The summed E-state index contributed by atoms with van der Waals surface area (Å²) in [5.41, 5.74) is -0.850. The lowest BCUT2D eigenvalue weighted by Crippen LogP contribution is -2.41.